The number of ether oxygens (including phenoxy) is 1. The Hall–Kier alpha value is -10.0. The molecule has 0 bridgehead atoms. The van der Waals surface area contributed by atoms with E-state index in [1.54, 1.807) is 0 Å². The van der Waals surface area contributed by atoms with Gasteiger partial charge in [-0.15, -0.1) is 0 Å². The lowest BCUT2D eigenvalue weighted by Crippen LogP contribution is -2.26. The van der Waals surface area contributed by atoms with Crippen LogP contribution in [0.25, 0.3) is 99.4 Å². The van der Waals surface area contributed by atoms with Gasteiger partial charge in [0.05, 0.1) is 5.41 Å². The Morgan fingerprint density at radius 3 is 1.38 bits per heavy atom. The molecule has 4 aliphatic rings. The van der Waals surface area contributed by atoms with Gasteiger partial charge in [-0.25, -0.2) is 0 Å². The van der Waals surface area contributed by atoms with Crippen molar-refractivity contribution < 1.29 is 4.74 Å². The summed E-state index contributed by atoms with van der Waals surface area (Å²) in [6.07, 6.45) is 0. The fourth-order valence-electron chi connectivity index (χ4n) is 14.9. The second kappa shape index (κ2) is 17.2. The van der Waals surface area contributed by atoms with Gasteiger partial charge >= 0.3 is 0 Å². The predicted octanol–water partition coefficient (Wildman–Crippen LogP) is 20.7. The van der Waals surface area contributed by atoms with Gasteiger partial charge in [0.15, 0.2) is 0 Å². The molecule has 0 aromatic heterocycles. The molecule has 2 heteroatoms. The van der Waals surface area contributed by atoms with E-state index in [1.807, 2.05) is 0 Å². The number of hydrogen-bond acceptors (Lipinski definition) is 2. The van der Waals surface area contributed by atoms with E-state index >= 15 is 0 Å². The summed E-state index contributed by atoms with van der Waals surface area (Å²) in [5.41, 5.74) is 29.1. The molecule has 13 aromatic rings. The fraction of sp³-hybridized carbons (Fsp3) is 0.0633. The number of fused-ring (bicyclic) bond motifs is 24. The third-order valence-electron chi connectivity index (χ3n) is 18.6. The van der Waals surface area contributed by atoms with Crippen LogP contribution in [0, 0.1) is 0 Å². The number of rotatable bonds is 4. The highest BCUT2D eigenvalue weighted by Gasteiger charge is 2.51. The van der Waals surface area contributed by atoms with Crippen molar-refractivity contribution in [2.75, 3.05) is 4.90 Å². The first-order chi connectivity index (χ1) is 39.9. The lowest BCUT2D eigenvalue weighted by molar-refractivity contribution is 0.313. The van der Waals surface area contributed by atoms with E-state index < -0.39 is 5.41 Å². The molecule has 0 amide bonds. The predicted molar refractivity (Wildman–Crippen MR) is 336 cm³/mol. The Kier molecular flexibility index (Phi) is 9.78. The molecule has 0 atom stereocenters. The first-order valence-corrected chi connectivity index (χ1v) is 28.4. The van der Waals surface area contributed by atoms with Crippen molar-refractivity contribution >= 4 is 38.6 Å². The van der Waals surface area contributed by atoms with Crippen LogP contribution in [0.2, 0.25) is 0 Å². The largest absolute Gasteiger partial charge is 0.488 e. The van der Waals surface area contributed by atoms with Crippen molar-refractivity contribution in [1.82, 2.24) is 0 Å². The lowest BCUT2D eigenvalue weighted by atomic mass is 9.70. The van der Waals surface area contributed by atoms with E-state index in [2.05, 4.69) is 292 Å². The van der Waals surface area contributed by atoms with Crippen molar-refractivity contribution in [3.63, 3.8) is 0 Å². The molecule has 81 heavy (non-hydrogen) atoms. The van der Waals surface area contributed by atoms with Gasteiger partial charge in [-0.3, -0.25) is 0 Å². The average Bonchev–Trinajstić information content (AvgIpc) is 4.22. The monoisotopic (exact) mass is 1030 g/mol. The van der Waals surface area contributed by atoms with Crippen LogP contribution in [-0.2, 0) is 17.4 Å². The zero-order valence-corrected chi connectivity index (χ0v) is 45.0. The molecule has 0 saturated carbocycles. The van der Waals surface area contributed by atoms with Gasteiger partial charge in [0.2, 0.25) is 0 Å². The number of benzene rings is 13. The van der Waals surface area contributed by atoms with Crippen LogP contribution in [-0.4, -0.2) is 0 Å². The normalized spacial score (nSPS) is 14.0. The summed E-state index contributed by atoms with van der Waals surface area (Å²) in [6.45, 7) is 5.28. The number of anilines is 3. The number of nitrogens with zero attached hydrogens (tertiary/aromatic N) is 1. The van der Waals surface area contributed by atoms with E-state index in [0.717, 1.165) is 44.7 Å². The molecule has 1 aliphatic heterocycles. The molecule has 380 valence electrons. The molecule has 0 unspecified atom stereocenters. The molecule has 0 radical (unpaired) electrons. The Balaban J connectivity index is 0.798. The summed E-state index contributed by atoms with van der Waals surface area (Å²) in [5, 5.41) is 4.70. The van der Waals surface area contributed by atoms with Crippen LogP contribution >= 0.6 is 0 Å². The van der Waals surface area contributed by atoms with Crippen LogP contribution in [0.15, 0.2) is 273 Å². The molecule has 1 heterocycles. The summed E-state index contributed by atoms with van der Waals surface area (Å²) in [4.78, 5) is 2.47. The Morgan fingerprint density at radius 2 is 0.728 bits per heavy atom. The van der Waals surface area contributed by atoms with E-state index in [0.29, 0.717) is 6.61 Å². The fourth-order valence-corrected chi connectivity index (χ4v) is 14.9. The highest BCUT2D eigenvalue weighted by molar-refractivity contribution is 6.03. The summed E-state index contributed by atoms with van der Waals surface area (Å²) < 4.78 is 7.15. The minimum absolute atomic E-state index is 0.295. The average molecular weight is 1030 g/mol. The first-order valence-electron chi connectivity index (χ1n) is 28.4. The van der Waals surface area contributed by atoms with Gasteiger partial charge in [-0.2, -0.15) is 0 Å². The topological polar surface area (TPSA) is 12.5 Å². The van der Waals surface area contributed by atoms with Gasteiger partial charge < -0.3 is 9.64 Å². The highest BCUT2D eigenvalue weighted by Crippen LogP contribution is 2.64. The number of hydrogen-bond donors (Lipinski definition) is 0. The molecule has 0 fully saturated rings. The van der Waals surface area contributed by atoms with Gasteiger partial charge in [-0.05, 0) is 176 Å². The van der Waals surface area contributed by atoms with Crippen LogP contribution in [0.4, 0.5) is 17.1 Å². The summed E-state index contributed by atoms with van der Waals surface area (Å²) in [7, 11) is 0. The molecule has 2 nitrogen and oxygen atoms in total. The minimum atomic E-state index is -0.441. The van der Waals surface area contributed by atoms with Gasteiger partial charge in [0.25, 0.3) is 0 Å². The third-order valence-corrected chi connectivity index (χ3v) is 18.6. The van der Waals surface area contributed by atoms with Crippen molar-refractivity contribution in [1.29, 1.82) is 0 Å². The van der Waals surface area contributed by atoms with Gasteiger partial charge in [0, 0.05) is 39.0 Å². The van der Waals surface area contributed by atoms with Crippen LogP contribution in [0.1, 0.15) is 52.8 Å². The SMILES string of the molecule is CC1(C)c2cc(-c3ccc4c(c3)-c3ccccc3-c3ccc5ccccc5c3COc3c-4ccc4ccccc34)ccc2-c2ccc(N(c3ccccc3)c3ccc4c(c3)C3(c5ccccc5-c5ccccc53)c3ccccc3-4)cc21. The Labute approximate surface area is 472 Å². The molecule has 17 rings (SSSR count). The smallest absolute Gasteiger partial charge is 0.135 e. The zero-order valence-electron chi connectivity index (χ0n) is 45.0. The van der Waals surface area contributed by atoms with Crippen LogP contribution in [0.5, 0.6) is 5.75 Å². The molecule has 13 aromatic carbocycles. The maximum absolute atomic E-state index is 7.15. The maximum Gasteiger partial charge on any atom is 0.135 e. The van der Waals surface area contributed by atoms with Gasteiger partial charge in [-0.1, -0.05) is 232 Å². The second-order valence-corrected chi connectivity index (χ2v) is 23.0. The molecule has 1 spiro atoms. The van der Waals surface area contributed by atoms with Crippen LogP contribution in [0.3, 0.4) is 0 Å². The quantitative estimate of drug-likeness (QED) is 0.174. The Bertz CT molecular complexity index is 4750. The van der Waals surface area contributed by atoms with Crippen LogP contribution < -0.4 is 9.64 Å². The van der Waals surface area contributed by atoms with Crippen molar-refractivity contribution in [2.45, 2.75) is 31.3 Å². The van der Waals surface area contributed by atoms with Crippen molar-refractivity contribution in [3.8, 4) is 83.6 Å². The zero-order chi connectivity index (χ0) is 53.6. The molecule has 3 aliphatic carbocycles. The second-order valence-electron chi connectivity index (χ2n) is 23.0. The summed E-state index contributed by atoms with van der Waals surface area (Å²) in [5.74, 6) is 0.915. The molecular weight excluding hydrogens is 979 g/mol. The lowest BCUT2D eigenvalue weighted by Gasteiger charge is -2.32. The summed E-state index contributed by atoms with van der Waals surface area (Å²) >= 11 is 0. The van der Waals surface area contributed by atoms with E-state index in [-0.39, 0.29) is 5.41 Å². The van der Waals surface area contributed by atoms with Crippen molar-refractivity contribution in [2.24, 2.45) is 0 Å². The van der Waals surface area contributed by atoms with E-state index in [9.17, 15) is 0 Å². The van der Waals surface area contributed by atoms with Gasteiger partial charge in [0.1, 0.15) is 12.4 Å². The Morgan fingerprint density at radius 1 is 0.296 bits per heavy atom. The van der Waals surface area contributed by atoms with Crippen molar-refractivity contribution in [3.05, 3.63) is 312 Å². The summed E-state index contributed by atoms with van der Waals surface area (Å²) in [6, 6.07) is 102. The molecular formula is C79H53NO. The van der Waals surface area contributed by atoms with E-state index in [1.165, 1.54) is 116 Å². The maximum atomic E-state index is 7.15. The molecule has 0 saturated heterocycles. The third kappa shape index (κ3) is 6.50. The molecule has 0 N–H and O–H groups in total. The minimum Gasteiger partial charge on any atom is -0.488 e. The van der Waals surface area contributed by atoms with E-state index in [4.69, 9.17) is 4.74 Å². The first kappa shape index (κ1) is 45.9. The number of para-hydroxylation sites is 1. The standard InChI is InChI=1S/C79H53NO/c1-78(2)74-45-52(51-34-39-61-68-41-33-50-19-7-9-23-57(50)77(68)81-48-70-56-22-8-6-18-49(56)32-38-60(70)58-24-10-11-25-59(58)69(61)44-51)35-40-65(74)66-42-36-54(46-75(66)78)80(53-20-4-3-5-21-53)55-37-43-67-64-28-14-17-31-73(64)79(76(67)47-55)71-29-15-12-26-62(71)63-27-13-16-30-72(63)79/h3-47H,48H2,1-2H3. The highest BCUT2D eigenvalue weighted by atomic mass is 16.5.